The number of hydrogen-bond donors (Lipinski definition) is 0. The van der Waals surface area contributed by atoms with Crippen LogP contribution in [0.4, 0.5) is 0 Å². The number of hydrogen-bond acceptors (Lipinski definition) is 1. The van der Waals surface area contributed by atoms with Crippen LogP contribution >= 0.6 is 0 Å². The first-order valence-electron chi connectivity index (χ1n) is 11.8. The highest BCUT2D eigenvalue weighted by molar-refractivity contribution is 5.24. The van der Waals surface area contributed by atoms with Crippen molar-refractivity contribution in [2.24, 2.45) is 17.8 Å². The van der Waals surface area contributed by atoms with E-state index in [2.05, 4.69) is 50.0 Å². The van der Waals surface area contributed by atoms with E-state index >= 15 is 0 Å². The Bertz CT molecular complexity index is 476. The lowest BCUT2D eigenvalue weighted by atomic mass is 9.80. The molecule has 0 saturated heterocycles. The second-order valence-corrected chi connectivity index (χ2v) is 8.69. The van der Waals surface area contributed by atoms with Gasteiger partial charge in [0.05, 0.1) is 6.10 Å². The van der Waals surface area contributed by atoms with Gasteiger partial charge < -0.3 is 4.74 Å². The molecule has 0 N–H and O–H groups in total. The molecule has 0 aromatic rings. The van der Waals surface area contributed by atoms with Crippen LogP contribution in [0.3, 0.4) is 0 Å². The van der Waals surface area contributed by atoms with Gasteiger partial charge in [0.1, 0.15) is 0 Å². The number of allylic oxidation sites excluding steroid dienone is 4. The highest BCUT2D eigenvalue weighted by Gasteiger charge is 2.20. The quantitative estimate of drug-likeness (QED) is 0.302. The van der Waals surface area contributed by atoms with E-state index in [0.717, 1.165) is 18.4 Å². The van der Waals surface area contributed by atoms with Gasteiger partial charge in [-0.3, -0.25) is 0 Å². The molecule has 2 aliphatic rings. The fourth-order valence-electron chi connectivity index (χ4n) is 4.47. The van der Waals surface area contributed by atoms with E-state index in [0.29, 0.717) is 12.0 Å². The first-order chi connectivity index (χ1) is 13.3. The van der Waals surface area contributed by atoms with Crippen LogP contribution in [0.25, 0.3) is 0 Å². The average molecular weight is 371 g/mol. The first kappa shape index (κ1) is 22.3. The minimum absolute atomic E-state index is 0.507. The summed E-state index contributed by atoms with van der Waals surface area (Å²) >= 11 is 0. The van der Waals surface area contributed by atoms with Crippen LogP contribution < -0.4 is 0 Å². The van der Waals surface area contributed by atoms with Crippen LogP contribution in [-0.2, 0) is 4.74 Å². The molecule has 0 amide bonds. The molecule has 0 aliphatic heterocycles. The van der Waals surface area contributed by atoms with Gasteiger partial charge in [-0.05, 0) is 87.7 Å². The summed E-state index contributed by atoms with van der Waals surface area (Å²) in [5.41, 5.74) is 0. The molecule has 0 unspecified atom stereocenters. The predicted molar refractivity (Wildman–Crippen MR) is 118 cm³/mol. The Balaban J connectivity index is 1.57. The van der Waals surface area contributed by atoms with Crippen LogP contribution in [0.5, 0.6) is 0 Å². The standard InChI is InChI=1S/C26H42O/c1-3-5-11-23-14-16-24(17-15-23)12-9-7-8-10-13-25-18-20-26(21-19-25)27-22-6-4-2/h9-10,12-13,23-26H,3-6,11,14-22H2,1-2H3. The van der Waals surface area contributed by atoms with Gasteiger partial charge in [0.25, 0.3) is 0 Å². The molecule has 0 heterocycles. The summed E-state index contributed by atoms with van der Waals surface area (Å²) in [6.45, 7) is 5.47. The zero-order valence-corrected chi connectivity index (χ0v) is 17.9. The lowest BCUT2D eigenvalue weighted by molar-refractivity contribution is 0.0209. The molecule has 2 aliphatic carbocycles. The van der Waals surface area contributed by atoms with Gasteiger partial charge in [0.2, 0.25) is 0 Å². The Morgan fingerprint density at radius 3 is 1.85 bits per heavy atom. The van der Waals surface area contributed by atoms with Crippen molar-refractivity contribution < 1.29 is 4.74 Å². The van der Waals surface area contributed by atoms with Crippen molar-refractivity contribution in [1.29, 1.82) is 0 Å². The molecule has 0 aromatic carbocycles. The molecular weight excluding hydrogens is 328 g/mol. The van der Waals surface area contributed by atoms with Crippen molar-refractivity contribution in [3.05, 3.63) is 24.3 Å². The van der Waals surface area contributed by atoms with Crippen molar-refractivity contribution >= 4 is 0 Å². The summed E-state index contributed by atoms with van der Waals surface area (Å²) in [6, 6.07) is 0. The van der Waals surface area contributed by atoms with E-state index in [4.69, 9.17) is 4.74 Å². The Morgan fingerprint density at radius 2 is 1.30 bits per heavy atom. The van der Waals surface area contributed by atoms with Gasteiger partial charge in [0, 0.05) is 6.61 Å². The van der Waals surface area contributed by atoms with E-state index in [-0.39, 0.29) is 0 Å². The second-order valence-electron chi connectivity index (χ2n) is 8.69. The van der Waals surface area contributed by atoms with Gasteiger partial charge in [-0.1, -0.05) is 63.5 Å². The molecule has 0 atom stereocenters. The van der Waals surface area contributed by atoms with Crippen molar-refractivity contribution in [1.82, 2.24) is 0 Å². The number of ether oxygens (including phenoxy) is 1. The summed E-state index contributed by atoms with van der Waals surface area (Å²) in [4.78, 5) is 0. The van der Waals surface area contributed by atoms with Crippen LogP contribution in [0.15, 0.2) is 24.3 Å². The zero-order chi connectivity index (χ0) is 19.2. The minimum Gasteiger partial charge on any atom is -0.378 e. The van der Waals surface area contributed by atoms with E-state index in [1.54, 1.807) is 0 Å². The molecule has 152 valence electrons. The van der Waals surface area contributed by atoms with Gasteiger partial charge in [-0.25, -0.2) is 0 Å². The molecule has 1 heteroatoms. The Kier molecular flexibility index (Phi) is 11.6. The first-order valence-corrected chi connectivity index (χ1v) is 11.8. The van der Waals surface area contributed by atoms with Crippen molar-refractivity contribution in [2.45, 2.75) is 103 Å². The van der Waals surface area contributed by atoms with E-state index < -0.39 is 0 Å². The summed E-state index contributed by atoms with van der Waals surface area (Å²) < 4.78 is 5.95. The average Bonchev–Trinajstić information content (AvgIpc) is 2.71. The third kappa shape index (κ3) is 9.66. The molecule has 27 heavy (non-hydrogen) atoms. The largest absolute Gasteiger partial charge is 0.378 e. The Hall–Kier alpha value is -1.00. The molecule has 0 bridgehead atoms. The lowest BCUT2D eigenvalue weighted by Crippen LogP contribution is -2.21. The molecule has 0 radical (unpaired) electrons. The third-order valence-electron chi connectivity index (χ3n) is 6.41. The van der Waals surface area contributed by atoms with E-state index in [1.807, 2.05) is 0 Å². The SMILES string of the molecule is CCCCOC1CCC(C=CC#CC=CC2CCC(CCCC)CC2)CC1. The molecule has 2 saturated carbocycles. The maximum absolute atomic E-state index is 5.95. The number of rotatable bonds is 9. The summed E-state index contributed by atoms with van der Waals surface area (Å²) in [6.07, 6.45) is 26.5. The van der Waals surface area contributed by atoms with Crippen molar-refractivity contribution in [3.63, 3.8) is 0 Å². The van der Waals surface area contributed by atoms with Crippen molar-refractivity contribution in [2.75, 3.05) is 6.61 Å². The third-order valence-corrected chi connectivity index (χ3v) is 6.41. The molecule has 0 aromatic heterocycles. The van der Waals surface area contributed by atoms with Crippen LogP contribution in [0.2, 0.25) is 0 Å². The smallest absolute Gasteiger partial charge is 0.0575 e. The van der Waals surface area contributed by atoms with E-state index in [1.165, 1.54) is 83.5 Å². The maximum Gasteiger partial charge on any atom is 0.0575 e. The Morgan fingerprint density at radius 1 is 0.741 bits per heavy atom. The van der Waals surface area contributed by atoms with Crippen LogP contribution in [0.1, 0.15) is 97.3 Å². The van der Waals surface area contributed by atoms with Crippen molar-refractivity contribution in [3.8, 4) is 11.8 Å². The van der Waals surface area contributed by atoms with E-state index in [9.17, 15) is 0 Å². The normalized spacial score (nSPS) is 29.1. The molecule has 2 fully saturated rings. The number of unbranched alkanes of at least 4 members (excludes halogenated alkanes) is 2. The lowest BCUT2D eigenvalue weighted by Gasteiger charge is -2.26. The fourth-order valence-corrected chi connectivity index (χ4v) is 4.47. The summed E-state index contributed by atoms with van der Waals surface area (Å²) in [7, 11) is 0. The zero-order valence-electron chi connectivity index (χ0n) is 17.9. The molecule has 0 spiro atoms. The highest BCUT2D eigenvalue weighted by atomic mass is 16.5. The van der Waals surface area contributed by atoms with Crippen LogP contribution in [-0.4, -0.2) is 12.7 Å². The Labute approximate surface area is 169 Å². The van der Waals surface area contributed by atoms with Gasteiger partial charge in [-0.2, -0.15) is 0 Å². The summed E-state index contributed by atoms with van der Waals surface area (Å²) in [5.74, 6) is 8.90. The van der Waals surface area contributed by atoms with Crippen LogP contribution in [0, 0.1) is 29.6 Å². The minimum atomic E-state index is 0.507. The monoisotopic (exact) mass is 370 g/mol. The fraction of sp³-hybridized carbons (Fsp3) is 0.769. The van der Waals surface area contributed by atoms with Gasteiger partial charge in [0.15, 0.2) is 0 Å². The van der Waals surface area contributed by atoms with Gasteiger partial charge in [-0.15, -0.1) is 0 Å². The molecular formula is C26H42O. The highest BCUT2D eigenvalue weighted by Crippen LogP contribution is 2.32. The predicted octanol–water partition coefficient (Wildman–Crippen LogP) is 7.47. The van der Waals surface area contributed by atoms with Gasteiger partial charge >= 0.3 is 0 Å². The summed E-state index contributed by atoms with van der Waals surface area (Å²) in [5, 5.41) is 0. The molecule has 1 nitrogen and oxygen atoms in total. The second kappa shape index (κ2) is 14.1. The molecule has 2 rings (SSSR count). The maximum atomic E-state index is 5.95. The topological polar surface area (TPSA) is 9.23 Å².